The Morgan fingerprint density at radius 1 is 1.44 bits per heavy atom. The zero-order valence-corrected chi connectivity index (χ0v) is 10.7. The highest BCUT2D eigenvalue weighted by Crippen LogP contribution is 2.16. The molecule has 18 heavy (non-hydrogen) atoms. The minimum Gasteiger partial charge on any atom is -0.360 e. The molecule has 0 aromatic carbocycles. The molecule has 0 aliphatic rings. The van der Waals surface area contributed by atoms with Gasteiger partial charge in [-0.3, -0.25) is 9.52 Å². The van der Waals surface area contributed by atoms with Gasteiger partial charge in [-0.1, -0.05) is 16.8 Å². The first-order valence-electron chi connectivity index (χ1n) is 4.73. The predicted octanol–water partition coefficient (Wildman–Crippen LogP) is 1.13. The number of rotatable bonds is 3. The quantitative estimate of drug-likeness (QED) is 0.881. The smallest absolute Gasteiger partial charge is 0.266 e. The topological polar surface area (TPSA) is 105 Å². The molecule has 0 saturated heterocycles. The van der Waals surface area contributed by atoms with Crippen molar-refractivity contribution >= 4 is 27.4 Å². The monoisotopic (exact) mass is 289 g/mol. The summed E-state index contributed by atoms with van der Waals surface area (Å²) in [5, 5.41) is 3.28. The van der Waals surface area contributed by atoms with Crippen LogP contribution in [0, 0.1) is 6.92 Å². The molecule has 7 nitrogen and oxygen atoms in total. The van der Waals surface area contributed by atoms with Crippen molar-refractivity contribution in [1.29, 1.82) is 0 Å². The number of aromatic amines is 1. The van der Waals surface area contributed by atoms with Gasteiger partial charge in [-0.05, 0) is 13.0 Å². The van der Waals surface area contributed by atoms with Crippen LogP contribution < -0.4 is 10.3 Å². The molecule has 2 rings (SSSR count). The molecule has 0 aliphatic carbocycles. The number of nitrogens with zero attached hydrogens (tertiary/aromatic N) is 1. The Kier molecular flexibility index (Phi) is 3.14. The SMILES string of the molecule is Cc1cc(NS(=O)(=O)c2c[nH]c(=O)c(Cl)c2)no1. The lowest BCUT2D eigenvalue weighted by Gasteiger charge is -2.04. The van der Waals surface area contributed by atoms with E-state index in [4.69, 9.17) is 16.1 Å². The number of halogens is 1. The van der Waals surface area contributed by atoms with Crippen LogP contribution in [-0.4, -0.2) is 18.6 Å². The highest BCUT2D eigenvalue weighted by molar-refractivity contribution is 7.92. The maximum Gasteiger partial charge on any atom is 0.266 e. The van der Waals surface area contributed by atoms with Crippen molar-refractivity contribution in [3.63, 3.8) is 0 Å². The number of aromatic nitrogens is 2. The summed E-state index contributed by atoms with van der Waals surface area (Å²) in [5.41, 5.74) is -0.562. The van der Waals surface area contributed by atoms with Crippen molar-refractivity contribution in [3.8, 4) is 0 Å². The van der Waals surface area contributed by atoms with Crippen molar-refractivity contribution in [2.75, 3.05) is 4.72 Å². The molecule has 0 aliphatic heterocycles. The van der Waals surface area contributed by atoms with Gasteiger partial charge in [-0.25, -0.2) is 8.42 Å². The van der Waals surface area contributed by atoms with Gasteiger partial charge in [0.15, 0.2) is 5.82 Å². The summed E-state index contributed by atoms with van der Waals surface area (Å²) in [4.78, 5) is 13.1. The number of aryl methyl sites for hydroxylation is 1. The minimum atomic E-state index is -3.87. The number of pyridine rings is 1. The molecule has 2 aromatic rings. The van der Waals surface area contributed by atoms with Gasteiger partial charge < -0.3 is 9.51 Å². The molecule has 0 fully saturated rings. The minimum absolute atomic E-state index is 0.0508. The van der Waals surface area contributed by atoms with Crippen LogP contribution in [0.4, 0.5) is 5.82 Å². The second kappa shape index (κ2) is 4.46. The van der Waals surface area contributed by atoms with Crippen LogP contribution in [0.3, 0.4) is 0 Å². The van der Waals surface area contributed by atoms with E-state index in [9.17, 15) is 13.2 Å². The molecular weight excluding hydrogens is 282 g/mol. The Bertz CT molecular complexity index is 734. The summed E-state index contributed by atoms with van der Waals surface area (Å²) in [7, 11) is -3.87. The molecule has 0 bridgehead atoms. The van der Waals surface area contributed by atoms with Crippen molar-refractivity contribution in [1.82, 2.24) is 10.1 Å². The Labute approximate surface area is 107 Å². The third kappa shape index (κ3) is 2.54. The number of sulfonamides is 1. The average Bonchev–Trinajstić information content (AvgIpc) is 2.67. The predicted molar refractivity (Wildman–Crippen MR) is 64.1 cm³/mol. The van der Waals surface area contributed by atoms with Gasteiger partial charge in [0, 0.05) is 12.3 Å². The van der Waals surface area contributed by atoms with E-state index in [1.165, 1.54) is 6.07 Å². The number of nitrogens with one attached hydrogen (secondary N) is 2. The van der Waals surface area contributed by atoms with E-state index < -0.39 is 15.6 Å². The van der Waals surface area contributed by atoms with E-state index >= 15 is 0 Å². The fraction of sp³-hybridized carbons (Fsp3) is 0.111. The summed E-state index contributed by atoms with van der Waals surface area (Å²) in [6.07, 6.45) is 1.05. The summed E-state index contributed by atoms with van der Waals surface area (Å²) < 4.78 is 30.7. The molecular formula is C9H8ClN3O4S. The lowest BCUT2D eigenvalue weighted by molar-refractivity contribution is 0.400. The number of anilines is 1. The molecule has 2 heterocycles. The van der Waals surface area contributed by atoms with Gasteiger partial charge in [0.1, 0.15) is 15.7 Å². The second-order valence-corrected chi connectivity index (χ2v) is 5.53. The molecule has 9 heteroatoms. The maximum atomic E-state index is 11.9. The van der Waals surface area contributed by atoms with Crippen LogP contribution in [0.2, 0.25) is 5.02 Å². The van der Waals surface area contributed by atoms with Gasteiger partial charge >= 0.3 is 0 Å². The third-order valence-electron chi connectivity index (χ3n) is 2.01. The molecule has 2 aromatic heterocycles. The largest absolute Gasteiger partial charge is 0.360 e. The Morgan fingerprint density at radius 3 is 2.72 bits per heavy atom. The van der Waals surface area contributed by atoms with Gasteiger partial charge in [-0.2, -0.15) is 0 Å². The van der Waals surface area contributed by atoms with Crippen molar-refractivity contribution in [2.45, 2.75) is 11.8 Å². The maximum absolute atomic E-state index is 11.9. The van der Waals surface area contributed by atoms with Crippen LogP contribution in [-0.2, 0) is 10.0 Å². The number of hydrogen-bond acceptors (Lipinski definition) is 5. The first kappa shape index (κ1) is 12.7. The van der Waals surface area contributed by atoms with E-state index in [1.807, 2.05) is 0 Å². The van der Waals surface area contributed by atoms with E-state index in [-0.39, 0.29) is 15.7 Å². The second-order valence-electron chi connectivity index (χ2n) is 3.44. The Hall–Kier alpha value is -1.80. The zero-order valence-electron chi connectivity index (χ0n) is 9.10. The third-order valence-corrected chi connectivity index (χ3v) is 3.62. The summed E-state index contributed by atoms with van der Waals surface area (Å²) in [5.74, 6) is 0.516. The lowest BCUT2D eigenvalue weighted by Crippen LogP contribution is -2.16. The highest BCUT2D eigenvalue weighted by atomic mass is 35.5. The normalized spacial score (nSPS) is 11.4. The summed E-state index contributed by atoms with van der Waals surface area (Å²) in [6.45, 7) is 1.63. The number of H-pyrrole nitrogens is 1. The first-order valence-corrected chi connectivity index (χ1v) is 6.59. The van der Waals surface area contributed by atoms with Crippen molar-refractivity contribution in [3.05, 3.63) is 39.5 Å². The van der Waals surface area contributed by atoms with E-state index in [0.717, 1.165) is 12.3 Å². The van der Waals surface area contributed by atoms with Gasteiger partial charge in [0.2, 0.25) is 0 Å². The standard InChI is InChI=1S/C9H8ClN3O4S/c1-5-2-8(12-17-5)13-18(15,16)6-3-7(10)9(14)11-4-6/h2-4H,1H3,(H,11,14)(H,12,13). The fourth-order valence-electron chi connectivity index (χ4n) is 1.20. The van der Waals surface area contributed by atoms with E-state index in [2.05, 4.69) is 14.9 Å². The van der Waals surface area contributed by atoms with Crippen LogP contribution in [0.15, 0.2) is 32.5 Å². The zero-order chi connectivity index (χ0) is 13.3. The highest BCUT2D eigenvalue weighted by Gasteiger charge is 2.17. The molecule has 96 valence electrons. The summed E-state index contributed by atoms with van der Waals surface area (Å²) in [6, 6.07) is 2.47. The van der Waals surface area contributed by atoms with Crippen LogP contribution in [0.1, 0.15) is 5.76 Å². The van der Waals surface area contributed by atoms with Gasteiger partial charge in [-0.15, -0.1) is 0 Å². The Morgan fingerprint density at radius 2 is 2.17 bits per heavy atom. The molecule has 0 radical (unpaired) electrons. The van der Waals surface area contributed by atoms with Gasteiger partial charge in [0.25, 0.3) is 15.6 Å². The Balaban J connectivity index is 2.36. The fourth-order valence-corrected chi connectivity index (χ4v) is 2.42. The van der Waals surface area contributed by atoms with Crippen LogP contribution >= 0.6 is 11.6 Å². The molecule has 0 spiro atoms. The van der Waals surface area contributed by atoms with Crippen molar-refractivity contribution in [2.24, 2.45) is 0 Å². The van der Waals surface area contributed by atoms with Gasteiger partial charge in [0.05, 0.1) is 0 Å². The molecule has 0 unspecified atom stereocenters. The summed E-state index contributed by atoms with van der Waals surface area (Å²) >= 11 is 5.56. The molecule has 0 amide bonds. The van der Waals surface area contributed by atoms with Crippen molar-refractivity contribution < 1.29 is 12.9 Å². The van der Waals surface area contributed by atoms with Crippen LogP contribution in [0.25, 0.3) is 0 Å². The first-order chi connectivity index (χ1) is 8.38. The molecule has 0 saturated carbocycles. The number of hydrogen-bond donors (Lipinski definition) is 2. The molecule has 2 N–H and O–H groups in total. The van der Waals surface area contributed by atoms with Crippen LogP contribution in [0.5, 0.6) is 0 Å². The average molecular weight is 290 g/mol. The van der Waals surface area contributed by atoms with E-state index in [1.54, 1.807) is 6.92 Å². The molecule has 0 atom stereocenters. The van der Waals surface area contributed by atoms with E-state index in [0.29, 0.717) is 5.76 Å². The lowest BCUT2D eigenvalue weighted by atomic mass is 10.5.